The van der Waals surface area contributed by atoms with Crippen molar-refractivity contribution in [1.82, 2.24) is 14.6 Å². The number of H-pyrrole nitrogens is 1. The number of sulfonamides is 1. The fourth-order valence-corrected chi connectivity index (χ4v) is 4.37. The minimum absolute atomic E-state index is 0.0458. The van der Waals surface area contributed by atoms with Crippen LogP contribution in [0.2, 0.25) is 0 Å². The van der Waals surface area contributed by atoms with Gasteiger partial charge in [0.05, 0.1) is 0 Å². The van der Waals surface area contributed by atoms with Crippen LogP contribution in [0.3, 0.4) is 0 Å². The Morgan fingerprint density at radius 3 is 2.55 bits per heavy atom. The number of aromatic nitrogens is 1. The van der Waals surface area contributed by atoms with E-state index >= 15 is 0 Å². The molecule has 3 N–H and O–H groups in total. The average Bonchev–Trinajstić information content (AvgIpc) is 2.82. The fourth-order valence-electron chi connectivity index (χ4n) is 2.66. The van der Waals surface area contributed by atoms with E-state index in [0.717, 1.165) is 13.0 Å². The van der Waals surface area contributed by atoms with Crippen LogP contribution in [-0.4, -0.2) is 55.6 Å². The number of carbonyl (C=O) groups is 1. The summed E-state index contributed by atoms with van der Waals surface area (Å²) in [5.74, 6) is -1.16. The number of carboxylic acids is 1. The number of aromatic amines is 1. The highest BCUT2D eigenvalue weighted by molar-refractivity contribution is 7.89. The molecule has 1 saturated heterocycles. The van der Waals surface area contributed by atoms with Crippen molar-refractivity contribution in [3.8, 4) is 0 Å². The number of nitrogens with one attached hydrogen (secondary N) is 2. The number of likely N-dealkylation sites (tertiary alicyclic amines) is 1. The maximum Gasteiger partial charge on any atom is 0.352 e. The van der Waals surface area contributed by atoms with Gasteiger partial charge in [0.1, 0.15) is 10.6 Å². The van der Waals surface area contributed by atoms with Gasteiger partial charge >= 0.3 is 5.97 Å². The molecule has 0 bridgehead atoms. The molecule has 20 heavy (non-hydrogen) atoms. The van der Waals surface area contributed by atoms with Gasteiger partial charge in [0.2, 0.25) is 10.0 Å². The van der Waals surface area contributed by atoms with Crippen LogP contribution in [0.5, 0.6) is 0 Å². The van der Waals surface area contributed by atoms with Crippen LogP contribution in [0.15, 0.2) is 4.90 Å². The first-order valence-corrected chi connectivity index (χ1v) is 7.84. The summed E-state index contributed by atoms with van der Waals surface area (Å²) in [6.45, 7) is 4.57. The Hall–Kier alpha value is -1.38. The van der Waals surface area contributed by atoms with E-state index in [0.29, 0.717) is 12.2 Å². The number of aromatic carboxylic acids is 1. The van der Waals surface area contributed by atoms with Crippen LogP contribution in [0.4, 0.5) is 0 Å². The Kier molecular flexibility index (Phi) is 3.90. The van der Waals surface area contributed by atoms with Gasteiger partial charge in [0.25, 0.3) is 0 Å². The first-order valence-electron chi connectivity index (χ1n) is 6.35. The van der Waals surface area contributed by atoms with Gasteiger partial charge in [-0.1, -0.05) is 0 Å². The van der Waals surface area contributed by atoms with Gasteiger partial charge in [-0.2, -0.15) is 0 Å². The maximum absolute atomic E-state index is 12.4. The topological polar surface area (TPSA) is 102 Å². The highest BCUT2D eigenvalue weighted by Gasteiger charge is 2.30. The number of nitrogens with zero attached hydrogens (tertiary/aromatic N) is 1. The molecule has 1 aromatic rings. The van der Waals surface area contributed by atoms with Crippen molar-refractivity contribution in [2.24, 2.45) is 0 Å². The maximum atomic E-state index is 12.4. The summed E-state index contributed by atoms with van der Waals surface area (Å²) in [4.78, 5) is 15.8. The lowest BCUT2D eigenvalue weighted by atomic mass is 10.2. The molecule has 0 spiro atoms. The molecule has 1 atom stereocenters. The Bertz CT molecular complexity index is 635. The Balaban J connectivity index is 2.32. The Morgan fingerprint density at radius 2 is 2.10 bits per heavy atom. The second kappa shape index (κ2) is 5.19. The molecule has 1 aliphatic heterocycles. The van der Waals surface area contributed by atoms with Gasteiger partial charge in [-0.05, 0) is 33.9 Å². The largest absolute Gasteiger partial charge is 0.477 e. The molecule has 2 heterocycles. The van der Waals surface area contributed by atoms with Crippen LogP contribution < -0.4 is 4.72 Å². The average molecular weight is 301 g/mol. The minimum Gasteiger partial charge on any atom is -0.477 e. The number of carboxylic acid groups (broad SMARTS) is 1. The highest BCUT2D eigenvalue weighted by atomic mass is 32.2. The van der Waals surface area contributed by atoms with Crippen LogP contribution in [0.1, 0.15) is 28.2 Å². The third-order valence-corrected chi connectivity index (χ3v) is 5.36. The van der Waals surface area contributed by atoms with E-state index in [9.17, 15) is 13.2 Å². The molecule has 1 aliphatic rings. The van der Waals surface area contributed by atoms with E-state index in [1.54, 1.807) is 6.92 Å². The minimum atomic E-state index is -3.71. The smallest absolute Gasteiger partial charge is 0.352 e. The lowest BCUT2D eigenvalue weighted by molar-refractivity contribution is 0.0690. The molecule has 2 rings (SSSR count). The van der Waals surface area contributed by atoms with Crippen molar-refractivity contribution < 1.29 is 18.3 Å². The number of rotatable bonds is 4. The standard InChI is InChI=1S/C12H19N3O4S/c1-7-10(12(16)17)13-8(2)11(7)20(18,19)14-9-4-5-15(3)6-9/h9,13-14H,4-6H2,1-3H3,(H,16,17). The van der Waals surface area contributed by atoms with E-state index in [-0.39, 0.29) is 22.2 Å². The molecule has 0 aliphatic carbocycles. The van der Waals surface area contributed by atoms with Gasteiger partial charge < -0.3 is 15.0 Å². The molecule has 0 radical (unpaired) electrons. The van der Waals surface area contributed by atoms with Gasteiger partial charge in [-0.15, -0.1) is 0 Å². The van der Waals surface area contributed by atoms with Gasteiger partial charge in [0, 0.05) is 23.8 Å². The van der Waals surface area contributed by atoms with Gasteiger partial charge in [0.15, 0.2) is 0 Å². The molecule has 0 aromatic carbocycles. The van der Waals surface area contributed by atoms with Gasteiger partial charge in [-0.3, -0.25) is 0 Å². The summed E-state index contributed by atoms with van der Waals surface area (Å²) in [5.41, 5.74) is 0.513. The zero-order valence-corrected chi connectivity index (χ0v) is 12.5. The van der Waals surface area contributed by atoms with Crippen LogP contribution in [0, 0.1) is 13.8 Å². The summed E-state index contributed by atoms with van der Waals surface area (Å²) in [6, 6.07) is -0.132. The van der Waals surface area contributed by atoms with Crippen molar-refractivity contribution in [3.05, 3.63) is 17.0 Å². The summed E-state index contributed by atoms with van der Waals surface area (Å²) >= 11 is 0. The third kappa shape index (κ3) is 2.72. The summed E-state index contributed by atoms with van der Waals surface area (Å²) in [7, 11) is -1.78. The molecule has 8 heteroatoms. The van der Waals surface area contributed by atoms with Crippen molar-refractivity contribution in [2.45, 2.75) is 31.2 Å². The highest BCUT2D eigenvalue weighted by Crippen LogP contribution is 2.24. The predicted molar refractivity (Wildman–Crippen MR) is 73.4 cm³/mol. The second-order valence-electron chi connectivity index (χ2n) is 5.25. The van der Waals surface area contributed by atoms with Crippen molar-refractivity contribution in [3.63, 3.8) is 0 Å². The van der Waals surface area contributed by atoms with E-state index in [1.165, 1.54) is 6.92 Å². The molecule has 0 saturated carbocycles. The molecule has 7 nitrogen and oxygen atoms in total. The number of hydrogen-bond donors (Lipinski definition) is 3. The molecular weight excluding hydrogens is 282 g/mol. The Morgan fingerprint density at radius 1 is 1.45 bits per heavy atom. The SMILES string of the molecule is Cc1[nH]c(C(=O)O)c(C)c1S(=O)(=O)NC1CCN(C)C1. The number of hydrogen-bond acceptors (Lipinski definition) is 4. The van der Waals surface area contributed by atoms with E-state index in [4.69, 9.17) is 5.11 Å². The summed E-state index contributed by atoms with van der Waals surface area (Å²) in [6.07, 6.45) is 0.754. The van der Waals surface area contributed by atoms with Gasteiger partial charge in [-0.25, -0.2) is 17.9 Å². The first-order chi connectivity index (χ1) is 9.22. The number of likely N-dealkylation sites (N-methyl/N-ethyl adjacent to an activating group) is 1. The fraction of sp³-hybridized carbons (Fsp3) is 0.583. The van der Waals surface area contributed by atoms with Crippen molar-refractivity contribution >= 4 is 16.0 Å². The van der Waals surface area contributed by atoms with Crippen LogP contribution in [-0.2, 0) is 10.0 Å². The molecule has 1 unspecified atom stereocenters. The van der Waals surface area contributed by atoms with Crippen molar-refractivity contribution in [1.29, 1.82) is 0 Å². The zero-order valence-electron chi connectivity index (χ0n) is 11.7. The lowest BCUT2D eigenvalue weighted by Crippen LogP contribution is -2.36. The number of aryl methyl sites for hydroxylation is 1. The molecule has 0 amide bonds. The second-order valence-corrected chi connectivity index (χ2v) is 6.90. The van der Waals surface area contributed by atoms with E-state index < -0.39 is 16.0 Å². The molecular formula is C12H19N3O4S. The monoisotopic (exact) mass is 301 g/mol. The molecule has 1 fully saturated rings. The Labute approximate surface area is 118 Å². The quantitative estimate of drug-likeness (QED) is 0.743. The third-order valence-electron chi connectivity index (χ3n) is 3.56. The normalized spacial score (nSPS) is 20.4. The molecule has 112 valence electrons. The van der Waals surface area contributed by atoms with E-state index in [1.807, 2.05) is 11.9 Å². The lowest BCUT2D eigenvalue weighted by Gasteiger charge is -2.13. The predicted octanol–water partition coefficient (Wildman–Crippen LogP) is 0.312. The first kappa shape index (κ1) is 15.0. The zero-order chi connectivity index (χ0) is 15.1. The van der Waals surface area contributed by atoms with Crippen molar-refractivity contribution in [2.75, 3.05) is 20.1 Å². The molecule has 1 aromatic heterocycles. The van der Waals surface area contributed by atoms with Crippen LogP contribution >= 0.6 is 0 Å². The van der Waals surface area contributed by atoms with E-state index in [2.05, 4.69) is 9.71 Å². The summed E-state index contributed by atoms with van der Waals surface area (Å²) in [5, 5.41) is 9.03. The summed E-state index contributed by atoms with van der Waals surface area (Å²) < 4.78 is 27.5. The van der Waals surface area contributed by atoms with Crippen LogP contribution in [0.25, 0.3) is 0 Å².